The molecule has 88 valence electrons. The van der Waals surface area contributed by atoms with Crippen LogP contribution in [0.2, 0.25) is 5.02 Å². The molecule has 0 saturated heterocycles. The lowest BCUT2D eigenvalue weighted by molar-refractivity contribution is 0.626. The Morgan fingerprint density at radius 1 is 1.12 bits per heavy atom. The molecule has 2 rings (SSSR count). The van der Waals surface area contributed by atoms with Crippen LogP contribution in [0.3, 0.4) is 0 Å². The van der Waals surface area contributed by atoms with Gasteiger partial charge in [0.15, 0.2) is 0 Å². The van der Waals surface area contributed by atoms with E-state index in [-0.39, 0.29) is 5.82 Å². The number of rotatable bonds is 3. The summed E-state index contributed by atoms with van der Waals surface area (Å²) in [5, 5.41) is 0.666. The zero-order valence-corrected chi connectivity index (χ0v) is 10.6. The fourth-order valence-electron chi connectivity index (χ4n) is 1.46. The van der Waals surface area contributed by atoms with Crippen LogP contribution in [0.4, 0.5) is 4.39 Å². The van der Waals surface area contributed by atoms with Crippen LogP contribution < -0.4 is 5.73 Å². The van der Waals surface area contributed by atoms with Crippen LogP contribution in [0.1, 0.15) is 5.56 Å². The van der Waals surface area contributed by atoms with E-state index in [1.807, 2.05) is 18.2 Å². The van der Waals surface area contributed by atoms with Gasteiger partial charge in [0.2, 0.25) is 0 Å². The van der Waals surface area contributed by atoms with Crippen LogP contribution in [0, 0.1) is 5.82 Å². The highest BCUT2D eigenvalue weighted by atomic mass is 35.5. The molecular weight excluding hydrogens is 257 g/mol. The second kappa shape index (κ2) is 5.54. The first-order valence-corrected chi connectivity index (χ1v) is 6.31. The molecule has 1 nitrogen and oxygen atoms in total. The number of benzene rings is 2. The van der Waals surface area contributed by atoms with Crippen LogP contribution in [0.5, 0.6) is 0 Å². The van der Waals surface area contributed by atoms with Crippen LogP contribution in [0.15, 0.2) is 52.3 Å². The van der Waals surface area contributed by atoms with Crippen molar-refractivity contribution in [2.24, 2.45) is 5.73 Å². The molecule has 0 radical (unpaired) electrons. The molecule has 0 aliphatic rings. The molecule has 0 heterocycles. The summed E-state index contributed by atoms with van der Waals surface area (Å²) < 4.78 is 12.8. The molecule has 0 atom stereocenters. The maximum atomic E-state index is 12.8. The summed E-state index contributed by atoms with van der Waals surface area (Å²) in [6, 6.07) is 12.0. The largest absolute Gasteiger partial charge is 0.326 e. The molecule has 4 heteroatoms. The predicted molar refractivity (Wildman–Crippen MR) is 69.9 cm³/mol. The molecule has 0 unspecified atom stereocenters. The molecule has 2 aromatic rings. The molecule has 0 aliphatic carbocycles. The summed E-state index contributed by atoms with van der Waals surface area (Å²) in [7, 11) is 0. The van der Waals surface area contributed by atoms with Crippen molar-refractivity contribution < 1.29 is 4.39 Å². The Balaban J connectivity index is 2.29. The van der Waals surface area contributed by atoms with E-state index in [2.05, 4.69) is 0 Å². The molecule has 0 fully saturated rings. The van der Waals surface area contributed by atoms with E-state index in [1.54, 1.807) is 12.1 Å². The van der Waals surface area contributed by atoms with E-state index < -0.39 is 0 Å². The van der Waals surface area contributed by atoms with Crippen molar-refractivity contribution in [2.45, 2.75) is 16.3 Å². The van der Waals surface area contributed by atoms with Gasteiger partial charge < -0.3 is 5.73 Å². The van der Waals surface area contributed by atoms with Gasteiger partial charge in [-0.15, -0.1) is 0 Å². The molecule has 0 spiro atoms. The average Bonchev–Trinajstić information content (AvgIpc) is 2.32. The van der Waals surface area contributed by atoms with Crippen molar-refractivity contribution in [2.75, 3.05) is 0 Å². The van der Waals surface area contributed by atoms with E-state index in [4.69, 9.17) is 17.3 Å². The molecule has 0 aliphatic heterocycles. The minimum absolute atomic E-state index is 0.237. The second-order valence-electron chi connectivity index (χ2n) is 3.48. The van der Waals surface area contributed by atoms with Gasteiger partial charge in [-0.1, -0.05) is 29.4 Å². The highest BCUT2D eigenvalue weighted by Gasteiger charge is 2.06. The maximum Gasteiger partial charge on any atom is 0.123 e. The van der Waals surface area contributed by atoms with Gasteiger partial charge in [0.25, 0.3) is 0 Å². The summed E-state index contributed by atoms with van der Waals surface area (Å²) in [6.45, 7) is 0.392. The Bertz CT molecular complexity index is 513. The zero-order valence-electron chi connectivity index (χ0n) is 8.99. The summed E-state index contributed by atoms with van der Waals surface area (Å²) in [6.07, 6.45) is 0. The fraction of sp³-hybridized carbons (Fsp3) is 0.0769. The first kappa shape index (κ1) is 12.4. The van der Waals surface area contributed by atoms with Crippen LogP contribution >= 0.6 is 23.4 Å². The van der Waals surface area contributed by atoms with Gasteiger partial charge in [0, 0.05) is 21.4 Å². The summed E-state index contributed by atoms with van der Waals surface area (Å²) >= 11 is 7.60. The van der Waals surface area contributed by atoms with Crippen LogP contribution in [-0.2, 0) is 6.54 Å². The van der Waals surface area contributed by atoms with Crippen LogP contribution in [0.25, 0.3) is 0 Å². The lowest BCUT2D eigenvalue weighted by atomic mass is 10.2. The highest BCUT2D eigenvalue weighted by Crippen LogP contribution is 2.33. The molecule has 2 aromatic carbocycles. The van der Waals surface area contributed by atoms with Gasteiger partial charge in [-0.05, 0) is 42.0 Å². The monoisotopic (exact) mass is 267 g/mol. The Hall–Kier alpha value is -1.03. The third kappa shape index (κ3) is 3.00. The van der Waals surface area contributed by atoms with Gasteiger partial charge in [0.1, 0.15) is 5.82 Å². The standard InChI is InChI=1S/C13H11ClFNS/c14-12-2-1-3-13(11(12)8-16)17-10-6-4-9(15)5-7-10/h1-7H,8,16H2. The van der Waals surface area contributed by atoms with E-state index in [9.17, 15) is 4.39 Å². The Labute approximate surface area is 109 Å². The number of hydrogen-bond acceptors (Lipinski definition) is 2. The lowest BCUT2D eigenvalue weighted by Crippen LogP contribution is -1.99. The smallest absolute Gasteiger partial charge is 0.123 e. The molecule has 0 aromatic heterocycles. The van der Waals surface area contributed by atoms with Gasteiger partial charge in [0.05, 0.1) is 0 Å². The summed E-state index contributed by atoms with van der Waals surface area (Å²) in [5.41, 5.74) is 6.59. The normalized spacial score (nSPS) is 10.5. The maximum absolute atomic E-state index is 12.8. The van der Waals surface area contributed by atoms with Gasteiger partial charge in [-0.25, -0.2) is 4.39 Å². The molecule has 0 saturated carbocycles. The third-order valence-electron chi connectivity index (χ3n) is 2.32. The Kier molecular flexibility index (Phi) is 4.05. The minimum Gasteiger partial charge on any atom is -0.326 e. The lowest BCUT2D eigenvalue weighted by Gasteiger charge is -2.09. The highest BCUT2D eigenvalue weighted by molar-refractivity contribution is 7.99. The van der Waals surface area contributed by atoms with E-state index in [0.29, 0.717) is 11.6 Å². The number of hydrogen-bond donors (Lipinski definition) is 1. The summed E-state index contributed by atoms with van der Waals surface area (Å²) in [4.78, 5) is 1.97. The number of halogens is 2. The zero-order chi connectivity index (χ0) is 12.3. The summed E-state index contributed by atoms with van der Waals surface area (Å²) in [5.74, 6) is -0.237. The fourth-order valence-corrected chi connectivity index (χ4v) is 2.76. The van der Waals surface area contributed by atoms with Crippen molar-refractivity contribution >= 4 is 23.4 Å². The van der Waals surface area contributed by atoms with Crippen LogP contribution in [-0.4, -0.2) is 0 Å². The SMILES string of the molecule is NCc1c(Cl)cccc1Sc1ccc(F)cc1. The molecule has 17 heavy (non-hydrogen) atoms. The molecule has 0 amide bonds. The van der Waals surface area contributed by atoms with E-state index >= 15 is 0 Å². The quantitative estimate of drug-likeness (QED) is 0.906. The Morgan fingerprint density at radius 3 is 2.47 bits per heavy atom. The Morgan fingerprint density at radius 2 is 1.82 bits per heavy atom. The average molecular weight is 268 g/mol. The van der Waals surface area contributed by atoms with Gasteiger partial charge in [-0.3, -0.25) is 0 Å². The van der Waals surface area contributed by atoms with Crippen molar-refractivity contribution in [1.29, 1.82) is 0 Å². The third-order valence-corrected chi connectivity index (χ3v) is 3.79. The van der Waals surface area contributed by atoms with E-state index in [0.717, 1.165) is 15.4 Å². The first-order valence-electron chi connectivity index (χ1n) is 5.11. The van der Waals surface area contributed by atoms with Crippen molar-refractivity contribution in [3.63, 3.8) is 0 Å². The second-order valence-corrected chi connectivity index (χ2v) is 5.00. The predicted octanol–water partition coefficient (Wildman–Crippen LogP) is 4.09. The number of nitrogens with two attached hydrogens (primary N) is 1. The molecular formula is C13H11ClFNS. The van der Waals surface area contributed by atoms with Crippen molar-refractivity contribution in [1.82, 2.24) is 0 Å². The van der Waals surface area contributed by atoms with Gasteiger partial charge in [-0.2, -0.15) is 0 Å². The minimum atomic E-state index is -0.237. The van der Waals surface area contributed by atoms with Crippen molar-refractivity contribution in [3.8, 4) is 0 Å². The van der Waals surface area contributed by atoms with Gasteiger partial charge >= 0.3 is 0 Å². The van der Waals surface area contributed by atoms with E-state index in [1.165, 1.54) is 23.9 Å². The molecule has 0 bridgehead atoms. The first-order chi connectivity index (χ1) is 8.20. The topological polar surface area (TPSA) is 26.0 Å². The van der Waals surface area contributed by atoms with Crippen molar-refractivity contribution in [3.05, 3.63) is 58.9 Å². The molecule has 2 N–H and O–H groups in total.